The Balaban J connectivity index is 2.03. The normalized spacial score (nSPS) is 17.4. The first-order valence-corrected chi connectivity index (χ1v) is 5.74. The van der Waals surface area contributed by atoms with Gasteiger partial charge in [-0.3, -0.25) is 9.59 Å². The van der Waals surface area contributed by atoms with Crippen LogP contribution in [0.5, 0.6) is 5.75 Å². The molecule has 0 fully saturated rings. The molecular formula is C12H15N3O3. The summed E-state index contributed by atoms with van der Waals surface area (Å²) in [5.74, 6) is -0.0910. The number of hydrogen-bond donors (Lipinski definition) is 3. The summed E-state index contributed by atoms with van der Waals surface area (Å²) < 4.78 is 0. The van der Waals surface area contributed by atoms with Crippen LogP contribution in [0.15, 0.2) is 24.3 Å². The average Bonchev–Trinajstić information content (AvgIpc) is 2.41. The van der Waals surface area contributed by atoms with Crippen LogP contribution in [0, 0.1) is 0 Å². The summed E-state index contributed by atoms with van der Waals surface area (Å²) in [6.07, 6.45) is 0.512. The summed E-state index contributed by atoms with van der Waals surface area (Å²) in [6.45, 7) is 0.360. The van der Waals surface area contributed by atoms with E-state index in [1.807, 2.05) is 18.2 Å². The van der Waals surface area contributed by atoms with Crippen molar-refractivity contribution in [3.8, 4) is 5.75 Å². The second-order valence-corrected chi connectivity index (χ2v) is 4.00. The average molecular weight is 249 g/mol. The maximum atomic E-state index is 11.7. The Hall–Kier alpha value is -2.08. The van der Waals surface area contributed by atoms with Gasteiger partial charge in [0.05, 0.1) is 12.5 Å². The summed E-state index contributed by atoms with van der Waals surface area (Å²) in [5.41, 5.74) is 8.38. The zero-order valence-electron chi connectivity index (χ0n) is 9.81. The molecule has 1 atom stereocenters. The SMILES string of the molecule is NCC(=O)NCCC1C(=O)NOc2ccccc21. The van der Waals surface area contributed by atoms with E-state index in [9.17, 15) is 9.59 Å². The van der Waals surface area contributed by atoms with Gasteiger partial charge in [0.1, 0.15) is 0 Å². The predicted octanol–water partition coefficient (Wildman–Crippen LogP) is -0.341. The largest absolute Gasteiger partial charge is 0.379 e. The molecule has 0 saturated carbocycles. The minimum atomic E-state index is -0.312. The fourth-order valence-electron chi connectivity index (χ4n) is 1.89. The van der Waals surface area contributed by atoms with Gasteiger partial charge in [-0.1, -0.05) is 18.2 Å². The third kappa shape index (κ3) is 2.60. The highest BCUT2D eigenvalue weighted by molar-refractivity contribution is 5.85. The lowest BCUT2D eigenvalue weighted by Crippen LogP contribution is -2.39. The lowest BCUT2D eigenvalue weighted by atomic mass is 9.93. The molecule has 0 radical (unpaired) electrons. The molecule has 0 spiro atoms. The highest BCUT2D eigenvalue weighted by Gasteiger charge is 2.28. The van der Waals surface area contributed by atoms with E-state index in [1.54, 1.807) is 6.07 Å². The van der Waals surface area contributed by atoms with Crippen LogP contribution in [0.1, 0.15) is 17.9 Å². The van der Waals surface area contributed by atoms with E-state index in [0.717, 1.165) is 5.56 Å². The van der Waals surface area contributed by atoms with Crippen molar-refractivity contribution in [1.29, 1.82) is 0 Å². The number of amides is 2. The van der Waals surface area contributed by atoms with Crippen molar-refractivity contribution >= 4 is 11.8 Å². The van der Waals surface area contributed by atoms with E-state index in [0.29, 0.717) is 18.7 Å². The van der Waals surface area contributed by atoms with E-state index in [2.05, 4.69) is 10.8 Å². The predicted molar refractivity (Wildman–Crippen MR) is 64.6 cm³/mol. The molecule has 0 aliphatic carbocycles. The van der Waals surface area contributed by atoms with Crippen molar-refractivity contribution < 1.29 is 14.4 Å². The van der Waals surface area contributed by atoms with E-state index >= 15 is 0 Å². The Morgan fingerprint density at radius 2 is 2.22 bits per heavy atom. The maximum Gasteiger partial charge on any atom is 0.260 e. The highest BCUT2D eigenvalue weighted by Crippen LogP contribution is 2.31. The van der Waals surface area contributed by atoms with E-state index in [1.165, 1.54) is 0 Å². The fraction of sp³-hybridized carbons (Fsp3) is 0.333. The van der Waals surface area contributed by atoms with Gasteiger partial charge in [0.25, 0.3) is 5.91 Å². The molecule has 6 nitrogen and oxygen atoms in total. The van der Waals surface area contributed by atoms with Crippen molar-refractivity contribution in [2.45, 2.75) is 12.3 Å². The number of benzene rings is 1. The van der Waals surface area contributed by atoms with Gasteiger partial charge in [0, 0.05) is 12.1 Å². The molecule has 2 rings (SSSR count). The first-order chi connectivity index (χ1) is 8.72. The first-order valence-electron chi connectivity index (χ1n) is 5.74. The van der Waals surface area contributed by atoms with Gasteiger partial charge in [-0.05, 0) is 12.5 Å². The van der Waals surface area contributed by atoms with Gasteiger partial charge < -0.3 is 15.9 Å². The van der Waals surface area contributed by atoms with Crippen molar-refractivity contribution in [2.24, 2.45) is 5.73 Å². The molecule has 96 valence electrons. The number of fused-ring (bicyclic) bond motifs is 1. The van der Waals surface area contributed by atoms with Crippen LogP contribution in [-0.2, 0) is 9.59 Å². The Morgan fingerprint density at radius 1 is 1.44 bits per heavy atom. The Kier molecular flexibility index (Phi) is 3.78. The Labute approximate surface area is 104 Å². The minimum Gasteiger partial charge on any atom is -0.379 e. The second kappa shape index (κ2) is 5.50. The number of nitrogens with two attached hydrogens (primary N) is 1. The number of hydrogen-bond acceptors (Lipinski definition) is 4. The lowest BCUT2D eigenvalue weighted by molar-refractivity contribution is -0.131. The lowest BCUT2D eigenvalue weighted by Gasteiger charge is -2.24. The van der Waals surface area contributed by atoms with Crippen LogP contribution < -0.4 is 21.4 Å². The number of nitrogens with one attached hydrogen (secondary N) is 2. The topological polar surface area (TPSA) is 93.5 Å². The summed E-state index contributed by atoms with van der Waals surface area (Å²) in [5, 5.41) is 2.65. The second-order valence-electron chi connectivity index (χ2n) is 4.00. The van der Waals surface area contributed by atoms with Crippen LogP contribution in [-0.4, -0.2) is 24.9 Å². The third-order valence-electron chi connectivity index (χ3n) is 2.81. The molecule has 1 heterocycles. The molecule has 6 heteroatoms. The van der Waals surface area contributed by atoms with E-state index in [-0.39, 0.29) is 24.3 Å². The summed E-state index contributed by atoms with van der Waals surface area (Å²) in [7, 11) is 0. The van der Waals surface area contributed by atoms with Gasteiger partial charge in [0.2, 0.25) is 5.91 Å². The van der Waals surface area contributed by atoms with Crippen LogP contribution >= 0.6 is 0 Å². The standard InChI is InChI=1S/C12H15N3O3/c13-7-11(16)14-6-5-9-8-3-1-2-4-10(8)18-15-12(9)17/h1-4,9H,5-7,13H2,(H,14,16)(H,15,17). The van der Waals surface area contributed by atoms with Crippen molar-refractivity contribution in [2.75, 3.05) is 13.1 Å². The molecule has 1 aromatic carbocycles. The zero-order valence-corrected chi connectivity index (χ0v) is 9.81. The Bertz CT molecular complexity index is 462. The number of carbonyl (C=O) groups excluding carboxylic acids is 2. The summed E-state index contributed by atoms with van der Waals surface area (Å²) in [6, 6.07) is 7.33. The van der Waals surface area contributed by atoms with Crippen molar-refractivity contribution in [3.05, 3.63) is 29.8 Å². The molecular weight excluding hydrogens is 234 g/mol. The van der Waals surface area contributed by atoms with Crippen molar-refractivity contribution in [1.82, 2.24) is 10.8 Å². The van der Waals surface area contributed by atoms with Gasteiger partial charge >= 0.3 is 0 Å². The van der Waals surface area contributed by atoms with E-state index < -0.39 is 0 Å². The molecule has 0 saturated heterocycles. The monoisotopic (exact) mass is 249 g/mol. The third-order valence-corrected chi connectivity index (χ3v) is 2.81. The zero-order chi connectivity index (χ0) is 13.0. The number of para-hydroxylation sites is 1. The summed E-state index contributed by atoms with van der Waals surface area (Å²) >= 11 is 0. The summed E-state index contributed by atoms with van der Waals surface area (Å²) in [4.78, 5) is 27.9. The van der Waals surface area contributed by atoms with Gasteiger partial charge in [-0.15, -0.1) is 0 Å². The van der Waals surface area contributed by atoms with Crippen LogP contribution in [0.25, 0.3) is 0 Å². The highest BCUT2D eigenvalue weighted by atomic mass is 16.7. The first kappa shape index (κ1) is 12.4. The fourth-order valence-corrected chi connectivity index (χ4v) is 1.89. The molecule has 1 unspecified atom stereocenters. The number of rotatable bonds is 4. The van der Waals surface area contributed by atoms with Gasteiger partial charge in [0.15, 0.2) is 5.75 Å². The molecule has 4 N–H and O–H groups in total. The molecule has 0 aromatic heterocycles. The maximum absolute atomic E-state index is 11.7. The quantitative estimate of drug-likeness (QED) is 0.680. The smallest absolute Gasteiger partial charge is 0.260 e. The van der Waals surface area contributed by atoms with Crippen LogP contribution in [0.3, 0.4) is 0 Å². The van der Waals surface area contributed by atoms with E-state index in [4.69, 9.17) is 10.6 Å². The molecule has 2 amide bonds. The Morgan fingerprint density at radius 3 is 3.00 bits per heavy atom. The van der Waals surface area contributed by atoms with Crippen LogP contribution in [0.2, 0.25) is 0 Å². The number of carbonyl (C=O) groups is 2. The molecule has 0 bridgehead atoms. The minimum absolute atomic E-state index is 0.0451. The number of hydroxylamine groups is 1. The van der Waals surface area contributed by atoms with Crippen LogP contribution in [0.4, 0.5) is 0 Å². The van der Waals surface area contributed by atoms with Gasteiger partial charge in [-0.25, -0.2) is 0 Å². The molecule has 1 aliphatic rings. The van der Waals surface area contributed by atoms with Gasteiger partial charge in [-0.2, -0.15) is 5.48 Å². The van der Waals surface area contributed by atoms with Crippen molar-refractivity contribution in [3.63, 3.8) is 0 Å². The molecule has 1 aliphatic heterocycles. The molecule has 1 aromatic rings. The molecule has 18 heavy (non-hydrogen) atoms.